The number of hydrogen-bond acceptors (Lipinski definition) is 3. The smallest absolute Gasteiger partial charge is 0.329 e. The molecule has 0 aliphatic carbocycles. The van der Waals surface area contributed by atoms with Gasteiger partial charge in [-0.05, 0) is 27.6 Å². The molecule has 1 aromatic carbocycles. The van der Waals surface area contributed by atoms with E-state index in [9.17, 15) is 4.57 Å². The third-order valence-corrected chi connectivity index (χ3v) is 3.57. The van der Waals surface area contributed by atoms with E-state index in [4.69, 9.17) is 19.3 Å². The number of benzene rings is 1. The second-order valence-corrected chi connectivity index (χ2v) is 5.56. The van der Waals surface area contributed by atoms with E-state index in [1.165, 1.54) is 14.2 Å². The quantitative estimate of drug-likeness (QED) is 0.833. The average Bonchev–Trinajstić information content (AvgIpc) is 2.19. The van der Waals surface area contributed by atoms with Crippen LogP contribution in [0.2, 0.25) is 0 Å². The average molecular weight is 311 g/mol. The summed E-state index contributed by atoms with van der Waals surface area (Å²) in [5, 5.41) is 0. The number of rotatable bonds is 4. The molecule has 0 radical (unpaired) electrons. The number of methoxy groups -OCH3 is 2. The largest absolute Gasteiger partial charge is 0.497 e. The third kappa shape index (κ3) is 3.49. The van der Waals surface area contributed by atoms with E-state index in [0.29, 0.717) is 21.5 Å². The molecule has 0 aromatic heterocycles. The Hall–Kier alpha value is -0.550. The topological polar surface area (TPSA) is 76.0 Å². The first-order valence-corrected chi connectivity index (χ1v) is 6.91. The summed E-state index contributed by atoms with van der Waals surface area (Å²) in [7, 11) is -1.17. The summed E-state index contributed by atoms with van der Waals surface area (Å²) in [5.74, 6) is 0.964. The van der Waals surface area contributed by atoms with Crippen molar-refractivity contribution in [3.8, 4) is 11.5 Å². The summed E-state index contributed by atoms with van der Waals surface area (Å²) in [5.41, 5.74) is 0.449. The molecule has 0 saturated heterocycles. The lowest BCUT2D eigenvalue weighted by atomic mass is 10.2. The summed E-state index contributed by atoms with van der Waals surface area (Å²) in [6.45, 7) is 0. The van der Waals surface area contributed by atoms with E-state index >= 15 is 0 Å². The highest BCUT2D eigenvalue weighted by Gasteiger charge is 2.19. The fraction of sp³-hybridized carbons (Fsp3) is 0.333. The maximum atomic E-state index is 10.9. The Balaban J connectivity index is 3.21. The number of ether oxygens (including phenoxy) is 2. The Kier molecular flexibility index (Phi) is 4.38. The van der Waals surface area contributed by atoms with Crippen LogP contribution in [0.4, 0.5) is 0 Å². The van der Waals surface area contributed by atoms with E-state index in [-0.39, 0.29) is 6.16 Å². The molecule has 7 heteroatoms. The molecule has 16 heavy (non-hydrogen) atoms. The minimum absolute atomic E-state index is 0.360. The molecule has 1 rings (SSSR count). The molecule has 0 aliphatic heterocycles. The SMILES string of the molecule is COc1cc(CP(=O)(O)O)c(Br)c(OC)c1. The van der Waals surface area contributed by atoms with Gasteiger partial charge >= 0.3 is 7.60 Å². The maximum absolute atomic E-state index is 10.9. The predicted molar refractivity (Wildman–Crippen MR) is 63.0 cm³/mol. The number of halogens is 1. The summed E-state index contributed by atoms with van der Waals surface area (Å²) >= 11 is 3.23. The monoisotopic (exact) mass is 310 g/mol. The van der Waals surface area contributed by atoms with Gasteiger partial charge < -0.3 is 19.3 Å². The van der Waals surface area contributed by atoms with Crippen LogP contribution < -0.4 is 9.47 Å². The number of hydrogen-bond donors (Lipinski definition) is 2. The van der Waals surface area contributed by atoms with Crippen molar-refractivity contribution < 1.29 is 23.8 Å². The summed E-state index contributed by atoms with van der Waals surface area (Å²) in [6.07, 6.45) is -0.360. The Morgan fingerprint density at radius 1 is 1.31 bits per heavy atom. The lowest BCUT2D eigenvalue weighted by Gasteiger charge is -2.12. The second-order valence-electron chi connectivity index (χ2n) is 3.13. The second kappa shape index (κ2) is 5.19. The van der Waals surface area contributed by atoms with E-state index in [1.807, 2.05) is 0 Å². The van der Waals surface area contributed by atoms with Gasteiger partial charge in [0.1, 0.15) is 11.5 Å². The van der Waals surface area contributed by atoms with Crippen LogP contribution in [-0.2, 0) is 10.7 Å². The standard InChI is InChI=1S/C9H12BrO5P/c1-14-7-3-6(5-16(11,12)13)9(10)8(4-7)15-2/h3-4H,5H2,1-2H3,(H2,11,12,13). The van der Waals surface area contributed by atoms with E-state index < -0.39 is 7.60 Å². The molecule has 0 saturated carbocycles. The zero-order chi connectivity index (χ0) is 12.3. The molecule has 0 atom stereocenters. The van der Waals surface area contributed by atoms with Gasteiger partial charge in [0.25, 0.3) is 0 Å². The first-order chi connectivity index (χ1) is 7.37. The normalized spacial score (nSPS) is 11.3. The van der Waals surface area contributed by atoms with Crippen LogP contribution in [0.25, 0.3) is 0 Å². The van der Waals surface area contributed by atoms with Gasteiger partial charge in [0.2, 0.25) is 0 Å². The lowest BCUT2D eigenvalue weighted by molar-refractivity contribution is 0.370. The van der Waals surface area contributed by atoms with Gasteiger partial charge in [-0.25, -0.2) is 0 Å². The molecule has 0 spiro atoms. The van der Waals surface area contributed by atoms with Crippen molar-refractivity contribution in [3.63, 3.8) is 0 Å². The molecule has 0 bridgehead atoms. The highest BCUT2D eigenvalue weighted by Crippen LogP contribution is 2.44. The van der Waals surface area contributed by atoms with Crippen LogP contribution in [0.3, 0.4) is 0 Å². The van der Waals surface area contributed by atoms with Crippen LogP contribution >= 0.6 is 23.5 Å². The molecule has 0 heterocycles. The summed E-state index contributed by atoms with van der Waals surface area (Å²) < 4.78 is 21.5. The molecule has 0 amide bonds. The first-order valence-electron chi connectivity index (χ1n) is 4.32. The molecule has 1 aromatic rings. The zero-order valence-corrected chi connectivity index (χ0v) is 11.3. The van der Waals surface area contributed by atoms with Crippen LogP contribution in [-0.4, -0.2) is 24.0 Å². The first kappa shape index (κ1) is 13.5. The lowest BCUT2D eigenvalue weighted by Crippen LogP contribution is -1.95. The zero-order valence-electron chi connectivity index (χ0n) is 8.81. The van der Waals surface area contributed by atoms with Gasteiger partial charge in [-0.15, -0.1) is 0 Å². The van der Waals surface area contributed by atoms with Gasteiger partial charge in [0.15, 0.2) is 0 Å². The molecule has 90 valence electrons. The molecule has 0 fully saturated rings. The van der Waals surface area contributed by atoms with Crippen LogP contribution in [0.1, 0.15) is 5.56 Å². The van der Waals surface area contributed by atoms with E-state index in [2.05, 4.69) is 15.9 Å². The fourth-order valence-electron chi connectivity index (χ4n) is 1.23. The maximum Gasteiger partial charge on any atom is 0.329 e. The third-order valence-electron chi connectivity index (χ3n) is 1.92. The van der Waals surface area contributed by atoms with Crippen molar-refractivity contribution >= 4 is 23.5 Å². The van der Waals surface area contributed by atoms with Gasteiger partial charge in [-0.2, -0.15) is 0 Å². The van der Waals surface area contributed by atoms with Crippen molar-refractivity contribution in [2.24, 2.45) is 0 Å². The van der Waals surface area contributed by atoms with Crippen molar-refractivity contribution in [1.82, 2.24) is 0 Å². The Bertz CT molecular complexity index is 428. The van der Waals surface area contributed by atoms with Crippen LogP contribution in [0, 0.1) is 0 Å². The minimum atomic E-state index is -4.12. The Morgan fingerprint density at radius 3 is 2.38 bits per heavy atom. The molecule has 2 N–H and O–H groups in total. The van der Waals surface area contributed by atoms with Crippen molar-refractivity contribution in [2.45, 2.75) is 6.16 Å². The van der Waals surface area contributed by atoms with Crippen LogP contribution in [0.15, 0.2) is 16.6 Å². The van der Waals surface area contributed by atoms with E-state index in [0.717, 1.165) is 0 Å². The predicted octanol–water partition coefficient (Wildman–Crippen LogP) is 2.14. The molecule has 0 aliphatic rings. The van der Waals surface area contributed by atoms with Gasteiger partial charge in [-0.3, -0.25) is 4.57 Å². The molecule has 0 unspecified atom stereocenters. The van der Waals surface area contributed by atoms with Crippen molar-refractivity contribution in [3.05, 3.63) is 22.2 Å². The van der Waals surface area contributed by atoms with E-state index in [1.54, 1.807) is 12.1 Å². The molecular weight excluding hydrogens is 299 g/mol. The molecular formula is C9H12BrO5P. The van der Waals surface area contributed by atoms with Crippen LogP contribution in [0.5, 0.6) is 11.5 Å². The van der Waals surface area contributed by atoms with Crippen molar-refractivity contribution in [1.29, 1.82) is 0 Å². The van der Waals surface area contributed by atoms with Gasteiger partial charge in [0, 0.05) is 6.07 Å². The fourth-order valence-corrected chi connectivity index (χ4v) is 2.67. The van der Waals surface area contributed by atoms with Crippen molar-refractivity contribution in [2.75, 3.05) is 14.2 Å². The highest BCUT2D eigenvalue weighted by atomic mass is 79.9. The Morgan fingerprint density at radius 2 is 1.94 bits per heavy atom. The Labute approximate surface area is 102 Å². The molecule has 5 nitrogen and oxygen atoms in total. The van der Waals surface area contributed by atoms with Gasteiger partial charge in [-0.1, -0.05) is 0 Å². The summed E-state index contributed by atoms with van der Waals surface area (Å²) in [4.78, 5) is 17.9. The summed E-state index contributed by atoms with van der Waals surface area (Å²) in [6, 6.07) is 3.19. The van der Waals surface area contributed by atoms with Gasteiger partial charge in [0.05, 0.1) is 24.9 Å². The minimum Gasteiger partial charge on any atom is -0.497 e. The highest BCUT2D eigenvalue weighted by molar-refractivity contribution is 9.10.